The molecule has 6 heteroatoms. The van der Waals surface area contributed by atoms with Gasteiger partial charge in [0.1, 0.15) is 5.82 Å². The number of nitrogens with zero attached hydrogens (tertiary/aromatic N) is 5. The fourth-order valence-corrected chi connectivity index (χ4v) is 3.08. The van der Waals surface area contributed by atoms with Gasteiger partial charge < -0.3 is 5.32 Å². The summed E-state index contributed by atoms with van der Waals surface area (Å²) >= 11 is 0. The third-order valence-electron chi connectivity index (χ3n) is 4.15. The highest BCUT2D eigenvalue weighted by molar-refractivity contribution is 5.48. The summed E-state index contributed by atoms with van der Waals surface area (Å²) in [5.74, 6) is 1.08. The van der Waals surface area contributed by atoms with Crippen molar-refractivity contribution in [3.8, 4) is 0 Å². The van der Waals surface area contributed by atoms with Crippen LogP contribution in [0.15, 0.2) is 36.9 Å². The van der Waals surface area contributed by atoms with E-state index in [1.54, 1.807) is 10.7 Å². The molecule has 108 valence electrons. The molecule has 0 aromatic carbocycles. The Balaban J connectivity index is 1.53. The number of hydrogen-bond acceptors (Lipinski definition) is 4. The van der Waals surface area contributed by atoms with Gasteiger partial charge in [0.15, 0.2) is 5.65 Å². The molecular formula is C15H18N6. The van der Waals surface area contributed by atoms with E-state index in [1.807, 2.05) is 30.7 Å². The average molecular weight is 282 g/mol. The Morgan fingerprint density at radius 1 is 1.19 bits per heavy atom. The highest BCUT2D eigenvalue weighted by atomic mass is 15.3. The van der Waals surface area contributed by atoms with Gasteiger partial charge in [0.25, 0.3) is 0 Å². The fourth-order valence-electron chi connectivity index (χ4n) is 3.08. The van der Waals surface area contributed by atoms with Gasteiger partial charge in [0.2, 0.25) is 0 Å². The van der Waals surface area contributed by atoms with Gasteiger partial charge in [0, 0.05) is 30.6 Å². The zero-order valence-corrected chi connectivity index (χ0v) is 11.8. The second-order valence-corrected chi connectivity index (χ2v) is 5.51. The zero-order chi connectivity index (χ0) is 14.1. The first-order valence-electron chi connectivity index (χ1n) is 7.46. The van der Waals surface area contributed by atoms with Crippen LogP contribution in [0.1, 0.15) is 37.3 Å². The van der Waals surface area contributed by atoms with Gasteiger partial charge in [0.05, 0.1) is 18.4 Å². The van der Waals surface area contributed by atoms with Gasteiger partial charge in [-0.05, 0) is 18.9 Å². The van der Waals surface area contributed by atoms with E-state index in [9.17, 15) is 0 Å². The predicted octanol–water partition coefficient (Wildman–Crippen LogP) is 2.65. The number of hydrogen-bond donors (Lipinski definition) is 1. The van der Waals surface area contributed by atoms with Crippen LogP contribution in [-0.4, -0.2) is 24.4 Å². The van der Waals surface area contributed by atoms with E-state index in [2.05, 4.69) is 25.2 Å². The third-order valence-corrected chi connectivity index (χ3v) is 4.15. The van der Waals surface area contributed by atoms with Crippen LogP contribution in [0.2, 0.25) is 0 Å². The predicted molar refractivity (Wildman–Crippen MR) is 80.0 cm³/mol. The lowest BCUT2D eigenvalue weighted by Crippen LogP contribution is -2.12. The molecule has 4 rings (SSSR count). The first-order chi connectivity index (χ1) is 10.4. The SMILES string of the molecule is c1cnc2c(CNc3ccnn3C3CCCC3)cnn2c1. The standard InChI is InChI=1S/C15H18N6/c1-2-5-13(4-1)21-14(6-8-18-21)17-10-12-11-19-20-9-3-7-16-15(12)20/h3,6-9,11,13,17H,1-2,4-5,10H2. The van der Waals surface area contributed by atoms with Gasteiger partial charge in [-0.25, -0.2) is 14.2 Å². The number of rotatable bonds is 4. The van der Waals surface area contributed by atoms with Crippen molar-refractivity contribution in [1.29, 1.82) is 0 Å². The minimum absolute atomic E-state index is 0.546. The zero-order valence-electron chi connectivity index (χ0n) is 11.8. The minimum atomic E-state index is 0.546. The summed E-state index contributed by atoms with van der Waals surface area (Å²) in [7, 11) is 0. The Kier molecular flexibility index (Phi) is 3.06. The molecule has 0 bridgehead atoms. The van der Waals surface area contributed by atoms with Crippen LogP contribution in [0.5, 0.6) is 0 Å². The smallest absolute Gasteiger partial charge is 0.159 e. The van der Waals surface area contributed by atoms with Crippen LogP contribution in [-0.2, 0) is 6.54 Å². The molecule has 0 radical (unpaired) electrons. The molecule has 1 aliphatic carbocycles. The first-order valence-corrected chi connectivity index (χ1v) is 7.46. The molecular weight excluding hydrogens is 264 g/mol. The highest BCUT2D eigenvalue weighted by Gasteiger charge is 2.19. The fraction of sp³-hybridized carbons (Fsp3) is 0.400. The van der Waals surface area contributed by atoms with Crippen molar-refractivity contribution in [2.45, 2.75) is 38.3 Å². The van der Waals surface area contributed by atoms with Crippen molar-refractivity contribution in [3.63, 3.8) is 0 Å². The lowest BCUT2D eigenvalue weighted by atomic mass is 10.2. The van der Waals surface area contributed by atoms with E-state index < -0.39 is 0 Å². The third kappa shape index (κ3) is 2.26. The van der Waals surface area contributed by atoms with Gasteiger partial charge in [-0.15, -0.1) is 0 Å². The van der Waals surface area contributed by atoms with E-state index in [4.69, 9.17) is 0 Å². The van der Waals surface area contributed by atoms with Gasteiger partial charge in [-0.2, -0.15) is 10.2 Å². The summed E-state index contributed by atoms with van der Waals surface area (Å²) in [6, 6.07) is 4.47. The second kappa shape index (κ2) is 5.20. The number of anilines is 1. The number of aromatic nitrogens is 5. The normalized spacial score (nSPS) is 15.8. The molecule has 0 aliphatic heterocycles. The molecule has 1 saturated carbocycles. The molecule has 0 atom stereocenters. The number of fused-ring (bicyclic) bond motifs is 1. The Morgan fingerprint density at radius 3 is 3.00 bits per heavy atom. The number of nitrogens with one attached hydrogen (secondary N) is 1. The quantitative estimate of drug-likeness (QED) is 0.799. The molecule has 21 heavy (non-hydrogen) atoms. The molecule has 0 spiro atoms. The van der Waals surface area contributed by atoms with Crippen molar-refractivity contribution in [2.75, 3.05) is 5.32 Å². The maximum Gasteiger partial charge on any atom is 0.159 e. The minimum Gasteiger partial charge on any atom is -0.366 e. The Labute approximate surface area is 122 Å². The van der Waals surface area contributed by atoms with Gasteiger partial charge in [-0.3, -0.25) is 0 Å². The average Bonchev–Trinajstić information content (AvgIpc) is 3.25. The van der Waals surface area contributed by atoms with E-state index in [0.717, 1.165) is 17.0 Å². The maximum atomic E-state index is 4.48. The lowest BCUT2D eigenvalue weighted by molar-refractivity contribution is 0.471. The van der Waals surface area contributed by atoms with Crippen molar-refractivity contribution in [2.24, 2.45) is 0 Å². The van der Waals surface area contributed by atoms with Crippen molar-refractivity contribution in [1.82, 2.24) is 24.4 Å². The maximum absolute atomic E-state index is 4.48. The lowest BCUT2D eigenvalue weighted by Gasteiger charge is -2.15. The summed E-state index contributed by atoms with van der Waals surface area (Å²) in [4.78, 5) is 4.38. The molecule has 0 amide bonds. The first kappa shape index (κ1) is 12.4. The monoisotopic (exact) mass is 282 g/mol. The van der Waals surface area contributed by atoms with Crippen LogP contribution in [0, 0.1) is 0 Å². The van der Waals surface area contributed by atoms with Gasteiger partial charge in [-0.1, -0.05) is 12.8 Å². The van der Waals surface area contributed by atoms with Crippen LogP contribution in [0.3, 0.4) is 0 Å². The molecule has 3 aromatic heterocycles. The Morgan fingerprint density at radius 2 is 2.10 bits per heavy atom. The van der Waals surface area contributed by atoms with Gasteiger partial charge >= 0.3 is 0 Å². The molecule has 0 unspecified atom stereocenters. The van der Waals surface area contributed by atoms with E-state index in [1.165, 1.54) is 25.7 Å². The van der Waals surface area contributed by atoms with Crippen LogP contribution in [0.25, 0.3) is 5.65 Å². The van der Waals surface area contributed by atoms with Crippen molar-refractivity contribution in [3.05, 3.63) is 42.5 Å². The molecule has 1 fully saturated rings. The summed E-state index contributed by atoms with van der Waals surface area (Å²) < 4.78 is 3.93. The Hall–Kier alpha value is -2.37. The molecule has 1 N–H and O–H groups in total. The topological polar surface area (TPSA) is 60.0 Å². The van der Waals surface area contributed by atoms with Crippen LogP contribution < -0.4 is 5.32 Å². The summed E-state index contributed by atoms with van der Waals surface area (Å²) in [5.41, 5.74) is 1.99. The van der Waals surface area contributed by atoms with Crippen LogP contribution >= 0.6 is 0 Å². The van der Waals surface area contributed by atoms with E-state index >= 15 is 0 Å². The molecule has 0 saturated heterocycles. The van der Waals surface area contributed by atoms with E-state index in [-0.39, 0.29) is 0 Å². The summed E-state index contributed by atoms with van der Waals surface area (Å²) in [6.45, 7) is 0.707. The Bertz CT molecular complexity index is 737. The molecule has 3 aromatic rings. The van der Waals surface area contributed by atoms with E-state index in [0.29, 0.717) is 12.6 Å². The molecule has 1 aliphatic rings. The van der Waals surface area contributed by atoms with Crippen molar-refractivity contribution < 1.29 is 0 Å². The molecule has 6 nitrogen and oxygen atoms in total. The second-order valence-electron chi connectivity index (χ2n) is 5.51. The summed E-state index contributed by atoms with van der Waals surface area (Å²) in [6.07, 6.45) is 12.5. The summed E-state index contributed by atoms with van der Waals surface area (Å²) in [5, 5.41) is 12.3. The van der Waals surface area contributed by atoms with Crippen molar-refractivity contribution >= 4 is 11.5 Å². The van der Waals surface area contributed by atoms with Crippen LogP contribution in [0.4, 0.5) is 5.82 Å². The molecule has 3 heterocycles. The largest absolute Gasteiger partial charge is 0.366 e. The highest BCUT2D eigenvalue weighted by Crippen LogP contribution is 2.31.